The molecule has 0 aromatic carbocycles. The molecule has 0 amide bonds. The van der Waals surface area contributed by atoms with Crippen molar-refractivity contribution in [3.05, 3.63) is 0 Å². The van der Waals surface area contributed by atoms with Crippen LogP contribution < -0.4 is 0 Å². The van der Waals surface area contributed by atoms with Crippen LogP contribution in [-0.4, -0.2) is 25.0 Å². The summed E-state index contributed by atoms with van der Waals surface area (Å²) in [5, 5.41) is 8.88. The van der Waals surface area contributed by atoms with E-state index in [1.54, 1.807) is 0 Å². The molecule has 0 aromatic heterocycles. The van der Waals surface area contributed by atoms with Gasteiger partial charge in [0.2, 0.25) is 0 Å². The van der Waals surface area contributed by atoms with Crippen molar-refractivity contribution >= 4 is 0 Å². The van der Waals surface area contributed by atoms with E-state index in [1.807, 2.05) is 0 Å². The van der Waals surface area contributed by atoms with Crippen LogP contribution in [0.3, 0.4) is 0 Å². The van der Waals surface area contributed by atoms with E-state index in [2.05, 4.69) is 24.9 Å². The smallest absolute Gasteiger partial charge is 0.0669 e. The zero-order chi connectivity index (χ0) is 11.1. The van der Waals surface area contributed by atoms with Crippen LogP contribution in [0.1, 0.15) is 45.4 Å². The topological polar surface area (TPSA) is 27.0 Å². The quantitative estimate of drug-likeness (QED) is 0.671. The number of hydrogen-bond acceptors (Lipinski definition) is 2. The molecule has 1 fully saturated rings. The molecular weight excluding hydrogens is 184 g/mol. The number of hydrogen-bond donors (Lipinski definition) is 0. The van der Waals surface area contributed by atoms with Crippen molar-refractivity contribution in [3.8, 4) is 6.07 Å². The summed E-state index contributed by atoms with van der Waals surface area (Å²) in [6, 6.07) is 2.37. The van der Waals surface area contributed by atoms with E-state index in [-0.39, 0.29) is 5.92 Å². The van der Waals surface area contributed by atoms with Gasteiger partial charge in [0.25, 0.3) is 0 Å². The maximum atomic E-state index is 8.88. The molecular formula is C13H24N2. The van der Waals surface area contributed by atoms with Gasteiger partial charge < -0.3 is 4.90 Å². The van der Waals surface area contributed by atoms with Crippen LogP contribution in [0.2, 0.25) is 0 Å². The summed E-state index contributed by atoms with van der Waals surface area (Å²) in [5.41, 5.74) is 0. The third-order valence-corrected chi connectivity index (χ3v) is 3.60. The van der Waals surface area contributed by atoms with E-state index in [4.69, 9.17) is 5.26 Å². The Hall–Kier alpha value is -0.550. The summed E-state index contributed by atoms with van der Waals surface area (Å²) in [5.74, 6) is 1.19. The minimum absolute atomic E-state index is 0.221. The predicted octanol–water partition coefficient (Wildman–Crippen LogP) is 3.05. The Kier molecular flexibility index (Phi) is 5.71. The van der Waals surface area contributed by atoms with Gasteiger partial charge in [0.05, 0.1) is 12.0 Å². The van der Waals surface area contributed by atoms with E-state index in [9.17, 15) is 0 Å². The molecule has 2 heteroatoms. The molecule has 0 radical (unpaired) electrons. The highest BCUT2D eigenvalue weighted by Crippen LogP contribution is 2.27. The van der Waals surface area contributed by atoms with E-state index in [1.165, 1.54) is 38.6 Å². The molecule has 2 nitrogen and oxygen atoms in total. The number of nitrogens with zero attached hydrogens (tertiary/aromatic N) is 2. The molecule has 15 heavy (non-hydrogen) atoms. The molecule has 0 heterocycles. The largest absolute Gasteiger partial charge is 0.305 e. The maximum absolute atomic E-state index is 8.88. The Bertz CT molecular complexity index is 201. The summed E-state index contributed by atoms with van der Waals surface area (Å²) in [6.07, 6.45) is 8.05. The minimum atomic E-state index is 0.221. The fraction of sp³-hybridized carbons (Fsp3) is 0.923. The van der Waals surface area contributed by atoms with Gasteiger partial charge in [-0.25, -0.2) is 0 Å². The van der Waals surface area contributed by atoms with Crippen molar-refractivity contribution in [1.82, 2.24) is 4.90 Å². The van der Waals surface area contributed by atoms with E-state index in [0.29, 0.717) is 0 Å². The lowest BCUT2D eigenvalue weighted by molar-refractivity contribution is 0.275. The Morgan fingerprint density at radius 2 is 2.07 bits per heavy atom. The first-order valence-electron chi connectivity index (χ1n) is 6.34. The van der Waals surface area contributed by atoms with Crippen molar-refractivity contribution in [3.63, 3.8) is 0 Å². The first-order chi connectivity index (χ1) is 7.26. The Morgan fingerprint density at radius 1 is 1.40 bits per heavy atom. The lowest BCUT2D eigenvalue weighted by Gasteiger charge is -2.20. The van der Waals surface area contributed by atoms with Gasteiger partial charge in [0.15, 0.2) is 0 Å². The van der Waals surface area contributed by atoms with Crippen LogP contribution in [-0.2, 0) is 0 Å². The summed E-state index contributed by atoms with van der Waals surface area (Å²) in [7, 11) is 2.15. The summed E-state index contributed by atoms with van der Waals surface area (Å²) in [4.78, 5) is 2.33. The van der Waals surface area contributed by atoms with Gasteiger partial charge in [0.1, 0.15) is 0 Å². The van der Waals surface area contributed by atoms with Crippen LogP contribution in [0.4, 0.5) is 0 Å². The molecule has 1 rings (SSSR count). The second-order valence-corrected chi connectivity index (χ2v) is 4.94. The second kappa shape index (κ2) is 6.85. The monoisotopic (exact) mass is 208 g/mol. The van der Waals surface area contributed by atoms with Gasteiger partial charge in [-0.1, -0.05) is 32.6 Å². The SMILES string of the molecule is CCC(C#N)CN(C)CCC1CCCC1. The predicted molar refractivity (Wildman–Crippen MR) is 63.5 cm³/mol. The second-order valence-electron chi connectivity index (χ2n) is 4.94. The highest BCUT2D eigenvalue weighted by Gasteiger charge is 2.16. The third-order valence-electron chi connectivity index (χ3n) is 3.60. The van der Waals surface area contributed by atoms with Crippen LogP contribution in [0.5, 0.6) is 0 Å². The van der Waals surface area contributed by atoms with Crippen molar-refractivity contribution < 1.29 is 0 Å². The Labute approximate surface area is 94.3 Å². The number of nitriles is 1. The van der Waals surface area contributed by atoms with E-state index >= 15 is 0 Å². The Morgan fingerprint density at radius 3 is 2.60 bits per heavy atom. The summed E-state index contributed by atoms with van der Waals surface area (Å²) < 4.78 is 0. The van der Waals surface area contributed by atoms with Gasteiger partial charge in [-0.2, -0.15) is 5.26 Å². The zero-order valence-corrected chi connectivity index (χ0v) is 10.2. The van der Waals surface area contributed by atoms with Crippen LogP contribution in [0, 0.1) is 23.2 Å². The van der Waals surface area contributed by atoms with Gasteiger partial charge >= 0.3 is 0 Å². The molecule has 1 unspecified atom stereocenters. The minimum Gasteiger partial charge on any atom is -0.305 e. The molecule has 0 saturated heterocycles. The van der Waals surface area contributed by atoms with Crippen molar-refractivity contribution in [2.75, 3.05) is 20.1 Å². The standard InChI is InChI=1S/C13H24N2/c1-3-12(10-14)11-15(2)9-8-13-6-4-5-7-13/h12-13H,3-9,11H2,1-2H3. The Balaban J connectivity index is 2.12. The van der Waals surface area contributed by atoms with Crippen molar-refractivity contribution in [1.29, 1.82) is 5.26 Å². The molecule has 0 spiro atoms. The van der Waals surface area contributed by atoms with Crippen molar-refractivity contribution in [2.45, 2.75) is 45.4 Å². The van der Waals surface area contributed by atoms with Crippen LogP contribution in [0.25, 0.3) is 0 Å². The first kappa shape index (κ1) is 12.5. The van der Waals surface area contributed by atoms with Crippen molar-refractivity contribution in [2.24, 2.45) is 11.8 Å². The molecule has 1 saturated carbocycles. The average molecular weight is 208 g/mol. The normalized spacial score (nSPS) is 19.3. The van der Waals surface area contributed by atoms with E-state index < -0.39 is 0 Å². The lowest BCUT2D eigenvalue weighted by Crippen LogP contribution is -2.26. The summed E-state index contributed by atoms with van der Waals surface area (Å²) in [6.45, 7) is 4.21. The molecule has 0 aromatic rings. The first-order valence-corrected chi connectivity index (χ1v) is 6.34. The lowest BCUT2D eigenvalue weighted by atomic mass is 10.0. The van der Waals surface area contributed by atoms with Gasteiger partial charge in [-0.3, -0.25) is 0 Å². The third kappa shape index (κ3) is 4.66. The molecule has 86 valence electrons. The maximum Gasteiger partial charge on any atom is 0.0669 e. The fourth-order valence-corrected chi connectivity index (χ4v) is 2.43. The van der Waals surface area contributed by atoms with Crippen LogP contribution >= 0.6 is 0 Å². The molecule has 1 aliphatic carbocycles. The van der Waals surface area contributed by atoms with Crippen LogP contribution in [0.15, 0.2) is 0 Å². The molecule has 1 aliphatic rings. The zero-order valence-electron chi connectivity index (χ0n) is 10.2. The highest BCUT2D eigenvalue weighted by molar-refractivity contribution is 4.83. The van der Waals surface area contributed by atoms with Gasteiger partial charge in [-0.15, -0.1) is 0 Å². The highest BCUT2D eigenvalue weighted by atomic mass is 15.1. The fourth-order valence-electron chi connectivity index (χ4n) is 2.43. The summed E-state index contributed by atoms with van der Waals surface area (Å²) >= 11 is 0. The molecule has 0 aliphatic heterocycles. The average Bonchev–Trinajstić information content (AvgIpc) is 2.75. The van der Waals surface area contributed by atoms with Gasteiger partial charge in [-0.05, 0) is 32.4 Å². The number of rotatable bonds is 6. The van der Waals surface area contributed by atoms with E-state index in [0.717, 1.165) is 18.9 Å². The molecule has 0 N–H and O–H groups in total. The molecule has 0 bridgehead atoms. The van der Waals surface area contributed by atoms with Gasteiger partial charge in [0, 0.05) is 6.54 Å². The molecule has 1 atom stereocenters.